The van der Waals surface area contributed by atoms with Gasteiger partial charge in [0, 0.05) is 17.7 Å². The number of nitro groups is 1. The van der Waals surface area contributed by atoms with Crippen LogP contribution < -0.4 is 0 Å². The van der Waals surface area contributed by atoms with E-state index in [1.807, 2.05) is 0 Å². The minimum absolute atomic E-state index is 0.240. The molecular weight excluding hydrogens is 347 g/mol. The number of rotatable bonds is 6. The monoisotopic (exact) mass is 378 g/mol. The third-order valence-corrected chi connectivity index (χ3v) is 6.55. The summed E-state index contributed by atoms with van der Waals surface area (Å²) in [7, 11) is 0. The zero-order chi connectivity index (χ0) is 19.4. The van der Waals surface area contributed by atoms with E-state index in [9.17, 15) is 14.5 Å². The van der Waals surface area contributed by atoms with Crippen molar-refractivity contribution < 1.29 is 14.1 Å². The lowest BCUT2D eigenvalue weighted by Crippen LogP contribution is -2.52. The van der Waals surface area contributed by atoms with Crippen LogP contribution in [0, 0.1) is 21.8 Å². The molecule has 150 valence electrons. The van der Waals surface area contributed by atoms with Crippen molar-refractivity contribution in [1.29, 1.82) is 0 Å². The number of ether oxygens (including phenoxy) is 1. The number of para-hydroxylation sites is 1. The van der Waals surface area contributed by atoms with Crippen LogP contribution in [0.5, 0.6) is 0 Å². The van der Waals surface area contributed by atoms with Crippen molar-refractivity contribution in [2.24, 2.45) is 5.92 Å². The molecule has 0 aromatic heterocycles. The van der Waals surface area contributed by atoms with Gasteiger partial charge in [0.25, 0.3) is 0 Å². The first-order valence-corrected chi connectivity index (χ1v) is 10.2. The smallest absolute Gasteiger partial charge is 0.307 e. The fraction of sp³-hybridized carbons (Fsp3) is 0.714. The Hall–Kier alpha value is -1.53. The van der Waals surface area contributed by atoms with Gasteiger partial charge < -0.3 is 4.74 Å². The summed E-state index contributed by atoms with van der Waals surface area (Å²) in [5.74, 6) is -0.349. The van der Waals surface area contributed by atoms with E-state index < -0.39 is 10.7 Å². The maximum atomic E-state index is 13.8. The van der Waals surface area contributed by atoms with E-state index in [0.29, 0.717) is 24.0 Å². The van der Waals surface area contributed by atoms with Crippen molar-refractivity contribution in [3.63, 3.8) is 0 Å². The molecule has 1 aliphatic heterocycles. The average molecular weight is 378 g/mol. The summed E-state index contributed by atoms with van der Waals surface area (Å²) in [6.07, 6.45) is 7.60. The molecule has 0 unspecified atom stereocenters. The van der Waals surface area contributed by atoms with Gasteiger partial charge in [0.15, 0.2) is 0 Å². The molecule has 0 N–H and O–H groups in total. The quantitative estimate of drug-likeness (QED) is 0.531. The maximum Gasteiger partial charge on any atom is 0.307 e. The van der Waals surface area contributed by atoms with Gasteiger partial charge in [-0.3, -0.25) is 15.0 Å². The molecule has 1 saturated heterocycles. The third kappa shape index (κ3) is 4.66. The fourth-order valence-electron chi connectivity index (χ4n) is 4.85. The first kappa shape index (κ1) is 20.2. The van der Waals surface area contributed by atoms with Gasteiger partial charge in [-0.05, 0) is 83.9 Å². The summed E-state index contributed by atoms with van der Waals surface area (Å²) in [5.41, 5.74) is 0.423. The summed E-state index contributed by atoms with van der Waals surface area (Å²) in [5, 5.41) is 11.2. The molecule has 0 bridgehead atoms. The average Bonchev–Trinajstić information content (AvgIpc) is 2.64. The molecule has 0 atom stereocenters. The Labute approximate surface area is 161 Å². The number of hydrogen-bond donors (Lipinski definition) is 0. The van der Waals surface area contributed by atoms with Crippen molar-refractivity contribution in [3.05, 3.63) is 39.7 Å². The van der Waals surface area contributed by atoms with Crippen LogP contribution in [0.2, 0.25) is 0 Å². The summed E-state index contributed by atoms with van der Waals surface area (Å²) < 4.78 is 19.6. The molecule has 27 heavy (non-hydrogen) atoms. The summed E-state index contributed by atoms with van der Waals surface area (Å²) in [4.78, 5) is 13.2. The lowest BCUT2D eigenvalue weighted by molar-refractivity contribution is -0.388. The van der Waals surface area contributed by atoms with Crippen LogP contribution >= 0.6 is 0 Å². The second-order valence-corrected chi connectivity index (χ2v) is 8.29. The summed E-state index contributed by atoms with van der Waals surface area (Å²) in [6, 6.07) is 4.44. The predicted octanol–water partition coefficient (Wildman–Crippen LogP) is 4.73. The minimum atomic E-state index is -0.728. The SMILES string of the molecule is CCOC1CCC(C)(N2CCC(Cc3cccc(F)c3[N+](=O)[O-])CC2)CC1. The van der Waals surface area contributed by atoms with E-state index in [-0.39, 0.29) is 11.2 Å². The zero-order valence-corrected chi connectivity index (χ0v) is 16.5. The van der Waals surface area contributed by atoms with Gasteiger partial charge in [-0.1, -0.05) is 12.1 Å². The lowest BCUT2D eigenvalue weighted by Gasteiger charge is -2.48. The first-order chi connectivity index (χ1) is 12.9. The normalized spacial score (nSPS) is 27.6. The van der Waals surface area contributed by atoms with Crippen LogP contribution in [-0.4, -0.2) is 41.2 Å². The molecule has 0 amide bonds. The maximum absolute atomic E-state index is 13.8. The molecule has 6 heteroatoms. The largest absolute Gasteiger partial charge is 0.379 e. The Bertz CT molecular complexity index is 651. The Balaban J connectivity index is 1.56. The topological polar surface area (TPSA) is 55.6 Å². The van der Waals surface area contributed by atoms with Gasteiger partial charge >= 0.3 is 5.69 Å². The van der Waals surface area contributed by atoms with Crippen molar-refractivity contribution >= 4 is 5.69 Å². The van der Waals surface area contributed by atoms with Crippen LogP contribution in [0.4, 0.5) is 10.1 Å². The molecular formula is C21H31FN2O3. The Morgan fingerprint density at radius 3 is 2.52 bits per heavy atom. The number of benzene rings is 1. The second-order valence-electron chi connectivity index (χ2n) is 8.29. The molecule has 2 aliphatic rings. The van der Waals surface area contributed by atoms with Crippen LogP contribution in [0.25, 0.3) is 0 Å². The second kappa shape index (κ2) is 8.65. The number of halogens is 1. The van der Waals surface area contributed by atoms with Gasteiger partial charge in [0.1, 0.15) is 0 Å². The van der Waals surface area contributed by atoms with Gasteiger partial charge in [-0.25, -0.2) is 0 Å². The van der Waals surface area contributed by atoms with Crippen LogP contribution in [0.3, 0.4) is 0 Å². The van der Waals surface area contributed by atoms with Gasteiger partial charge in [0.05, 0.1) is 11.0 Å². The molecule has 1 aromatic carbocycles. The number of nitro benzene ring substituents is 1. The van der Waals surface area contributed by atoms with E-state index in [1.54, 1.807) is 12.1 Å². The van der Waals surface area contributed by atoms with Crippen molar-refractivity contribution in [2.45, 2.75) is 70.4 Å². The van der Waals surface area contributed by atoms with Crippen LogP contribution in [0.15, 0.2) is 18.2 Å². The highest BCUT2D eigenvalue weighted by atomic mass is 19.1. The third-order valence-electron chi connectivity index (χ3n) is 6.55. The van der Waals surface area contributed by atoms with E-state index in [2.05, 4.69) is 18.7 Å². The summed E-state index contributed by atoms with van der Waals surface area (Å²) >= 11 is 0. The van der Waals surface area contributed by atoms with Gasteiger partial charge in [-0.15, -0.1) is 0 Å². The number of piperidine rings is 1. The highest BCUT2D eigenvalue weighted by Gasteiger charge is 2.38. The van der Waals surface area contributed by atoms with Crippen molar-refractivity contribution in [3.8, 4) is 0 Å². The van der Waals surface area contributed by atoms with E-state index in [1.165, 1.54) is 6.07 Å². The van der Waals surface area contributed by atoms with Crippen molar-refractivity contribution in [2.75, 3.05) is 19.7 Å². The molecule has 5 nitrogen and oxygen atoms in total. The molecule has 2 fully saturated rings. The van der Waals surface area contributed by atoms with Gasteiger partial charge in [-0.2, -0.15) is 4.39 Å². The van der Waals surface area contributed by atoms with Crippen LogP contribution in [-0.2, 0) is 11.2 Å². The number of hydrogen-bond acceptors (Lipinski definition) is 4. The lowest BCUT2D eigenvalue weighted by atomic mass is 9.78. The Morgan fingerprint density at radius 1 is 1.26 bits per heavy atom. The minimum Gasteiger partial charge on any atom is -0.379 e. The Kier molecular flexibility index (Phi) is 6.48. The number of nitrogens with zero attached hydrogens (tertiary/aromatic N) is 2. The molecule has 3 rings (SSSR count). The van der Waals surface area contributed by atoms with Crippen LogP contribution in [0.1, 0.15) is 57.9 Å². The number of likely N-dealkylation sites (tertiary alicyclic amines) is 1. The molecule has 0 radical (unpaired) electrons. The fourth-order valence-corrected chi connectivity index (χ4v) is 4.85. The van der Waals surface area contributed by atoms with Crippen molar-refractivity contribution in [1.82, 2.24) is 4.90 Å². The highest BCUT2D eigenvalue weighted by Crippen LogP contribution is 2.38. The molecule has 1 aromatic rings. The zero-order valence-electron chi connectivity index (χ0n) is 16.5. The molecule has 0 spiro atoms. The Morgan fingerprint density at radius 2 is 1.93 bits per heavy atom. The highest BCUT2D eigenvalue weighted by molar-refractivity contribution is 5.41. The summed E-state index contributed by atoms with van der Waals surface area (Å²) in [6.45, 7) is 7.25. The standard InChI is InChI=1S/C21H31FN2O3/c1-3-27-18-7-11-21(2,12-8-18)23-13-9-16(10-14-23)15-17-5-4-6-19(22)20(17)24(25)26/h4-6,16,18H,3,7-15H2,1-2H3. The van der Waals surface area contributed by atoms with Gasteiger partial charge in [0.2, 0.25) is 5.82 Å². The molecule has 1 aliphatic carbocycles. The molecule has 1 heterocycles. The predicted molar refractivity (Wildman–Crippen MR) is 103 cm³/mol. The van der Waals surface area contributed by atoms with E-state index in [4.69, 9.17) is 4.74 Å². The molecule has 1 saturated carbocycles. The van der Waals surface area contributed by atoms with E-state index in [0.717, 1.165) is 58.2 Å². The van der Waals surface area contributed by atoms with E-state index >= 15 is 0 Å². The first-order valence-electron chi connectivity index (χ1n) is 10.2.